The van der Waals surface area contributed by atoms with Crippen molar-refractivity contribution in [3.05, 3.63) is 35.4 Å². The summed E-state index contributed by atoms with van der Waals surface area (Å²) < 4.78 is 0. The Kier molecular flexibility index (Phi) is 4.26. The van der Waals surface area contributed by atoms with Gasteiger partial charge in [-0.25, -0.2) is 0 Å². The number of nitrogens with zero attached hydrogens (tertiary/aromatic N) is 1. The zero-order valence-electron chi connectivity index (χ0n) is 9.90. The molecule has 0 unspecified atom stereocenters. The summed E-state index contributed by atoms with van der Waals surface area (Å²) in [4.78, 5) is 12.8. The average Bonchev–Trinajstić information content (AvgIpc) is 2.18. The molecule has 0 saturated heterocycles. The number of phenols is 1. The number of hydrogen-bond acceptors (Lipinski definition) is 3. The van der Waals surface area contributed by atoms with Crippen molar-refractivity contribution in [2.45, 2.75) is 13.5 Å². The molecule has 0 aliphatic rings. The van der Waals surface area contributed by atoms with Gasteiger partial charge in [-0.05, 0) is 44.8 Å². The lowest BCUT2D eigenvalue weighted by atomic mass is 10.1. The Morgan fingerprint density at radius 1 is 1.44 bits per heavy atom. The van der Waals surface area contributed by atoms with Crippen molar-refractivity contribution in [3.63, 3.8) is 0 Å². The van der Waals surface area contributed by atoms with Gasteiger partial charge >= 0.3 is 0 Å². The molecule has 3 heteroatoms. The molecule has 0 amide bonds. The summed E-state index contributed by atoms with van der Waals surface area (Å²) in [6, 6.07) is 5.32. The van der Waals surface area contributed by atoms with Crippen LogP contribution in [0, 0.1) is 0 Å². The first-order valence-electron chi connectivity index (χ1n) is 5.14. The van der Waals surface area contributed by atoms with Crippen LogP contribution in [0.15, 0.2) is 24.3 Å². The molecule has 0 spiro atoms. The Balaban J connectivity index is 2.93. The van der Waals surface area contributed by atoms with E-state index in [0.29, 0.717) is 6.54 Å². The van der Waals surface area contributed by atoms with Gasteiger partial charge in [-0.3, -0.25) is 4.79 Å². The van der Waals surface area contributed by atoms with Crippen molar-refractivity contribution in [3.8, 4) is 5.75 Å². The first kappa shape index (κ1) is 12.5. The van der Waals surface area contributed by atoms with Crippen molar-refractivity contribution in [2.24, 2.45) is 0 Å². The summed E-state index contributed by atoms with van der Waals surface area (Å²) in [6.45, 7) is 2.19. The number of allylic oxidation sites excluding steroid dienone is 1. The highest BCUT2D eigenvalue weighted by Gasteiger charge is 2.02. The van der Waals surface area contributed by atoms with Crippen molar-refractivity contribution in [1.82, 2.24) is 4.90 Å². The fraction of sp³-hybridized carbons (Fsp3) is 0.308. The first-order valence-corrected chi connectivity index (χ1v) is 5.14. The minimum absolute atomic E-state index is 0.0160. The third-order valence-corrected chi connectivity index (χ3v) is 2.10. The van der Waals surface area contributed by atoms with Gasteiger partial charge in [-0.15, -0.1) is 0 Å². The monoisotopic (exact) mass is 219 g/mol. The number of benzene rings is 1. The number of carbonyl (C=O) groups is 1. The van der Waals surface area contributed by atoms with Crippen LogP contribution < -0.4 is 0 Å². The number of phenolic OH excluding ortho intramolecular Hbond substituents is 1. The molecule has 0 aliphatic carbocycles. The molecule has 1 rings (SSSR count). The van der Waals surface area contributed by atoms with Crippen LogP contribution in [-0.4, -0.2) is 29.9 Å². The van der Waals surface area contributed by atoms with Crippen molar-refractivity contribution < 1.29 is 9.90 Å². The first-order chi connectivity index (χ1) is 7.49. The van der Waals surface area contributed by atoms with Gasteiger partial charge in [0.15, 0.2) is 5.78 Å². The predicted octanol–water partition coefficient (Wildman–Crippen LogP) is 2.06. The number of ketones is 1. The van der Waals surface area contributed by atoms with E-state index < -0.39 is 0 Å². The molecule has 0 fully saturated rings. The van der Waals surface area contributed by atoms with E-state index in [1.165, 1.54) is 13.0 Å². The molecule has 16 heavy (non-hydrogen) atoms. The second-order valence-corrected chi connectivity index (χ2v) is 4.07. The fourth-order valence-corrected chi connectivity index (χ4v) is 1.39. The highest BCUT2D eigenvalue weighted by Crippen LogP contribution is 2.20. The molecular formula is C13H17NO2. The molecule has 3 nitrogen and oxygen atoms in total. The van der Waals surface area contributed by atoms with Gasteiger partial charge in [0.2, 0.25) is 0 Å². The molecule has 1 aromatic carbocycles. The normalized spacial score (nSPS) is 11.2. The molecule has 0 aromatic heterocycles. The van der Waals surface area contributed by atoms with Crippen LogP contribution in [0.5, 0.6) is 5.75 Å². The Morgan fingerprint density at radius 3 is 2.69 bits per heavy atom. The summed E-state index contributed by atoms with van der Waals surface area (Å²) in [7, 11) is 3.88. The van der Waals surface area contributed by atoms with Crippen LogP contribution >= 0.6 is 0 Å². The Labute approximate surface area is 96.0 Å². The average molecular weight is 219 g/mol. The van der Waals surface area contributed by atoms with Crippen LogP contribution in [-0.2, 0) is 11.3 Å². The van der Waals surface area contributed by atoms with Gasteiger partial charge in [-0.2, -0.15) is 0 Å². The lowest BCUT2D eigenvalue weighted by Crippen LogP contribution is -2.10. The molecule has 0 bridgehead atoms. The third-order valence-electron chi connectivity index (χ3n) is 2.10. The van der Waals surface area contributed by atoms with Gasteiger partial charge in [0.25, 0.3) is 0 Å². The summed E-state index contributed by atoms with van der Waals surface area (Å²) in [5, 5.41) is 9.64. The van der Waals surface area contributed by atoms with Crippen LogP contribution in [0.2, 0.25) is 0 Å². The van der Waals surface area contributed by atoms with Crippen LogP contribution in [0.4, 0.5) is 0 Å². The summed E-state index contributed by atoms with van der Waals surface area (Å²) in [6.07, 6.45) is 3.27. The second-order valence-electron chi connectivity index (χ2n) is 4.07. The molecule has 86 valence electrons. The zero-order valence-corrected chi connectivity index (χ0v) is 9.90. The SMILES string of the molecule is CC(=O)/C=C/c1ccc(O)c(CN(C)C)c1. The molecule has 1 aromatic rings. The van der Waals surface area contributed by atoms with Crippen molar-refractivity contribution in [1.29, 1.82) is 0 Å². The number of rotatable bonds is 4. The van der Waals surface area contributed by atoms with E-state index in [9.17, 15) is 9.90 Å². The second kappa shape index (κ2) is 5.47. The maximum atomic E-state index is 10.8. The summed E-state index contributed by atoms with van der Waals surface area (Å²) in [5.41, 5.74) is 1.78. The van der Waals surface area contributed by atoms with Gasteiger partial charge in [0, 0.05) is 12.1 Å². The highest BCUT2D eigenvalue weighted by molar-refractivity contribution is 5.91. The largest absolute Gasteiger partial charge is 0.508 e. The van der Waals surface area contributed by atoms with Gasteiger partial charge in [0.1, 0.15) is 5.75 Å². The fourth-order valence-electron chi connectivity index (χ4n) is 1.39. The Morgan fingerprint density at radius 2 is 2.12 bits per heavy atom. The third kappa shape index (κ3) is 3.87. The van der Waals surface area contributed by atoms with Crippen LogP contribution in [0.25, 0.3) is 6.08 Å². The smallest absolute Gasteiger partial charge is 0.152 e. The van der Waals surface area contributed by atoms with Crippen LogP contribution in [0.1, 0.15) is 18.1 Å². The lowest BCUT2D eigenvalue weighted by Gasteiger charge is -2.11. The van der Waals surface area contributed by atoms with Gasteiger partial charge in [-0.1, -0.05) is 12.1 Å². The van der Waals surface area contributed by atoms with E-state index in [-0.39, 0.29) is 11.5 Å². The van der Waals surface area contributed by atoms with Crippen molar-refractivity contribution in [2.75, 3.05) is 14.1 Å². The van der Waals surface area contributed by atoms with E-state index in [1.54, 1.807) is 18.2 Å². The highest BCUT2D eigenvalue weighted by atomic mass is 16.3. The summed E-state index contributed by atoms with van der Waals surface area (Å²) >= 11 is 0. The Hall–Kier alpha value is -1.61. The molecule has 0 atom stereocenters. The number of carbonyl (C=O) groups excluding carboxylic acids is 1. The van der Waals surface area contributed by atoms with E-state index in [1.807, 2.05) is 25.1 Å². The maximum Gasteiger partial charge on any atom is 0.152 e. The molecular weight excluding hydrogens is 202 g/mol. The van der Waals surface area contributed by atoms with E-state index in [0.717, 1.165) is 11.1 Å². The molecule has 0 aliphatic heterocycles. The van der Waals surface area contributed by atoms with Crippen molar-refractivity contribution >= 4 is 11.9 Å². The predicted molar refractivity (Wildman–Crippen MR) is 65.2 cm³/mol. The van der Waals surface area contributed by atoms with Gasteiger partial charge in [0.05, 0.1) is 0 Å². The minimum Gasteiger partial charge on any atom is -0.508 e. The quantitative estimate of drug-likeness (QED) is 0.788. The lowest BCUT2D eigenvalue weighted by molar-refractivity contribution is -0.112. The van der Waals surface area contributed by atoms with E-state index in [4.69, 9.17) is 0 Å². The minimum atomic E-state index is 0.0160. The molecule has 1 N–H and O–H groups in total. The molecule has 0 radical (unpaired) electrons. The molecule has 0 saturated carbocycles. The van der Waals surface area contributed by atoms with E-state index in [2.05, 4.69) is 0 Å². The number of aromatic hydroxyl groups is 1. The molecule has 0 heterocycles. The number of hydrogen-bond donors (Lipinski definition) is 1. The summed E-state index contributed by atoms with van der Waals surface area (Å²) in [5.74, 6) is 0.302. The van der Waals surface area contributed by atoms with Crippen LogP contribution in [0.3, 0.4) is 0 Å². The zero-order chi connectivity index (χ0) is 12.1. The maximum absolute atomic E-state index is 10.8. The van der Waals surface area contributed by atoms with Gasteiger partial charge < -0.3 is 10.0 Å². The standard InChI is InChI=1S/C13H17NO2/c1-10(15)4-5-11-6-7-13(16)12(8-11)9-14(2)3/h4-8,16H,9H2,1-3H3/b5-4+. The topological polar surface area (TPSA) is 40.5 Å². The van der Waals surface area contributed by atoms with E-state index >= 15 is 0 Å². The Bertz CT molecular complexity index is 408.